The molecule has 1 saturated heterocycles. The lowest BCUT2D eigenvalue weighted by Gasteiger charge is -2.27. The van der Waals surface area contributed by atoms with Gasteiger partial charge >= 0.3 is 12.1 Å². The molecule has 0 aromatic rings. The number of carboxylic acid groups (broad SMARTS) is 1. The lowest BCUT2D eigenvalue weighted by Crippen LogP contribution is -2.40. The molecule has 1 amide bonds. The molecule has 1 heterocycles. The van der Waals surface area contributed by atoms with Crippen molar-refractivity contribution in [2.75, 3.05) is 25.1 Å². The topological polar surface area (TPSA) is 101 Å². The molecule has 1 fully saturated rings. The Bertz CT molecular complexity index is 521. The molecule has 122 valence electrons. The quantitative estimate of drug-likeness (QED) is 0.833. The number of ether oxygens (including phenoxy) is 1. The van der Waals surface area contributed by atoms with Crippen molar-refractivity contribution < 1.29 is 27.9 Å². The van der Waals surface area contributed by atoms with Crippen LogP contribution in [0.2, 0.25) is 0 Å². The monoisotopic (exact) mass is 321 g/mol. The number of hydrogen-bond donors (Lipinski definition) is 1. The molecule has 1 atom stereocenters. The van der Waals surface area contributed by atoms with Crippen molar-refractivity contribution in [3.63, 3.8) is 0 Å². The van der Waals surface area contributed by atoms with Gasteiger partial charge in [0.05, 0.1) is 11.2 Å². The van der Waals surface area contributed by atoms with E-state index in [4.69, 9.17) is 4.74 Å². The van der Waals surface area contributed by atoms with Gasteiger partial charge in [0.25, 0.3) is 0 Å². The zero-order valence-corrected chi connectivity index (χ0v) is 13.7. The fraction of sp³-hybridized carbons (Fsp3) is 0.846. The molecule has 0 spiro atoms. The van der Waals surface area contributed by atoms with Crippen molar-refractivity contribution in [2.45, 2.75) is 39.2 Å². The van der Waals surface area contributed by atoms with Crippen LogP contribution in [-0.2, 0) is 19.4 Å². The van der Waals surface area contributed by atoms with Crippen LogP contribution in [0, 0.1) is 5.41 Å². The van der Waals surface area contributed by atoms with Gasteiger partial charge in [0.1, 0.15) is 15.4 Å². The van der Waals surface area contributed by atoms with E-state index in [1.54, 1.807) is 20.8 Å². The van der Waals surface area contributed by atoms with Gasteiger partial charge in [-0.1, -0.05) is 0 Å². The van der Waals surface area contributed by atoms with Crippen LogP contribution >= 0.6 is 0 Å². The molecule has 1 aliphatic heterocycles. The zero-order valence-electron chi connectivity index (χ0n) is 12.9. The summed E-state index contributed by atoms with van der Waals surface area (Å²) in [5, 5.41) is 9.42. The highest BCUT2D eigenvalue weighted by atomic mass is 32.2. The van der Waals surface area contributed by atoms with Crippen LogP contribution in [0.3, 0.4) is 0 Å². The number of hydrogen-bond acceptors (Lipinski definition) is 5. The summed E-state index contributed by atoms with van der Waals surface area (Å²) in [6.07, 6.45) is 0.741. The second-order valence-electron chi connectivity index (χ2n) is 6.62. The molecule has 0 aromatic heterocycles. The molecular weight excluding hydrogens is 298 g/mol. The third-order valence-electron chi connectivity index (χ3n) is 3.41. The lowest BCUT2D eigenvalue weighted by atomic mass is 9.84. The van der Waals surface area contributed by atoms with E-state index in [-0.39, 0.29) is 31.7 Å². The summed E-state index contributed by atoms with van der Waals surface area (Å²) in [6, 6.07) is 0. The average molecular weight is 321 g/mol. The fourth-order valence-corrected chi connectivity index (χ4v) is 2.98. The van der Waals surface area contributed by atoms with E-state index in [2.05, 4.69) is 0 Å². The first-order valence-corrected chi connectivity index (χ1v) is 8.80. The minimum Gasteiger partial charge on any atom is -0.481 e. The molecule has 0 aliphatic carbocycles. The Hall–Kier alpha value is -1.31. The van der Waals surface area contributed by atoms with Crippen LogP contribution in [-0.4, -0.2) is 61.2 Å². The van der Waals surface area contributed by atoms with E-state index >= 15 is 0 Å². The van der Waals surface area contributed by atoms with Gasteiger partial charge in [-0.3, -0.25) is 4.79 Å². The summed E-state index contributed by atoms with van der Waals surface area (Å²) in [4.78, 5) is 24.8. The number of carbonyl (C=O) groups is 2. The normalized spacial score (nSPS) is 23.1. The number of carbonyl (C=O) groups excluding carboxylic acids is 1. The molecule has 1 N–H and O–H groups in total. The number of likely N-dealkylation sites (tertiary alicyclic amines) is 1. The highest BCUT2D eigenvalue weighted by Crippen LogP contribution is 2.35. The zero-order chi connectivity index (χ0) is 16.5. The van der Waals surface area contributed by atoms with Gasteiger partial charge < -0.3 is 14.7 Å². The van der Waals surface area contributed by atoms with Crippen LogP contribution in [0.5, 0.6) is 0 Å². The minimum absolute atomic E-state index is 0.000461. The van der Waals surface area contributed by atoms with E-state index in [9.17, 15) is 23.1 Å². The molecular formula is C13H23NO6S. The van der Waals surface area contributed by atoms with Gasteiger partial charge in [-0.05, 0) is 33.6 Å². The fourth-order valence-electron chi connectivity index (χ4n) is 2.22. The second kappa shape index (κ2) is 5.82. The first kappa shape index (κ1) is 17.7. The Balaban J connectivity index is 2.78. The summed E-state index contributed by atoms with van der Waals surface area (Å²) >= 11 is 0. The molecule has 1 aliphatic rings. The summed E-state index contributed by atoms with van der Waals surface area (Å²) in [6.45, 7) is 5.43. The average Bonchev–Trinajstić information content (AvgIpc) is 2.68. The van der Waals surface area contributed by atoms with E-state index in [0.717, 1.165) is 6.26 Å². The smallest absolute Gasteiger partial charge is 0.410 e. The number of carboxylic acids is 1. The number of sulfone groups is 1. The standard InChI is InChI=1S/C13H23NO6S/c1-12(2,3)20-11(17)14-7-5-13(9-14,10(15)16)6-8-21(4,18)19/h5-9H2,1-4H3,(H,15,16). The van der Waals surface area contributed by atoms with Gasteiger partial charge in [0.2, 0.25) is 0 Å². The predicted octanol–water partition coefficient (Wildman–Crippen LogP) is 1.13. The van der Waals surface area contributed by atoms with Gasteiger partial charge in [-0.25, -0.2) is 13.2 Å². The van der Waals surface area contributed by atoms with Gasteiger partial charge in [-0.15, -0.1) is 0 Å². The third-order valence-corrected chi connectivity index (χ3v) is 4.36. The summed E-state index contributed by atoms with van der Waals surface area (Å²) < 4.78 is 27.7. The summed E-state index contributed by atoms with van der Waals surface area (Å²) in [5.74, 6) is -1.28. The van der Waals surface area contributed by atoms with Crippen LogP contribution in [0.1, 0.15) is 33.6 Å². The molecule has 0 aromatic carbocycles. The maximum absolute atomic E-state index is 12.0. The van der Waals surface area contributed by atoms with Gasteiger partial charge in [-0.2, -0.15) is 0 Å². The SMILES string of the molecule is CC(C)(C)OC(=O)N1CCC(CCS(C)(=O)=O)(C(=O)O)C1. The molecule has 1 rings (SSSR count). The highest BCUT2D eigenvalue weighted by Gasteiger charge is 2.47. The second-order valence-corrected chi connectivity index (χ2v) is 8.88. The minimum atomic E-state index is -3.25. The maximum atomic E-state index is 12.0. The van der Waals surface area contributed by atoms with Crippen LogP contribution in [0.4, 0.5) is 4.79 Å². The molecule has 0 saturated carbocycles. The first-order chi connectivity index (χ1) is 9.35. The van der Waals surface area contributed by atoms with Gasteiger partial charge in [0.15, 0.2) is 0 Å². The van der Waals surface area contributed by atoms with Crippen LogP contribution < -0.4 is 0 Å². The van der Waals surface area contributed by atoms with E-state index in [1.807, 2.05) is 0 Å². The van der Waals surface area contributed by atoms with E-state index in [0.29, 0.717) is 0 Å². The Labute approximate surface area is 125 Å². The Morgan fingerprint density at radius 1 is 1.33 bits per heavy atom. The largest absolute Gasteiger partial charge is 0.481 e. The van der Waals surface area contributed by atoms with Crippen LogP contribution in [0.15, 0.2) is 0 Å². The lowest BCUT2D eigenvalue weighted by molar-refractivity contribution is -0.148. The van der Waals surface area contributed by atoms with E-state index in [1.165, 1.54) is 4.90 Å². The van der Waals surface area contributed by atoms with Crippen molar-refractivity contribution in [3.05, 3.63) is 0 Å². The predicted molar refractivity (Wildman–Crippen MR) is 76.8 cm³/mol. The molecule has 0 radical (unpaired) electrons. The maximum Gasteiger partial charge on any atom is 0.410 e. The van der Waals surface area contributed by atoms with Crippen molar-refractivity contribution in [3.8, 4) is 0 Å². The van der Waals surface area contributed by atoms with Crippen molar-refractivity contribution in [1.82, 2.24) is 4.90 Å². The summed E-state index contributed by atoms with van der Waals surface area (Å²) in [5.41, 5.74) is -1.86. The Kier molecular flexibility index (Phi) is 4.92. The van der Waals surface area contributed by atoms with Gasteiger partial charge in [0, 0.05) is 19.3 Å². The van der Waals surface area contributed by atoms with Crippen molar-refractivity contribution in [2.24, 2.45) is 5.41 Å². The summed E-state index contributed by atoms with van der Waals surface area (Å²) in [7, 11) is -3.25. The van der Waals surface area contributed by atoms with E-state index < -0.39 is 32.9 Å². The third kappa shape index (κ3) is 5.18. The number of aliphatic carboxylic acids is 1. The molecule has 0 bridgehead atoms. The number of nitrogens with zero attached hydrogens (tertiary/aromatic N) is 1. The highest BCUT2D eigenvalue weighted by molar-refractivity contribution is 7.90. The number of amides is 1. The molecule has 1 unspecified atom stereocenters. The Morgan fingerprint density at radius 2 is 1.90 bits per heavy atom. The molecule has 21 heavy (non-hydrogen) atoms. The Morgan fingerprint density at radius 3 is 2.33 bits per heavy atom. The molecule has 7 nitrogen and oxygen atoms in total. The molecule has 8 heteroatoms. The van der Waals surface area contributed by atoms with Crippen molar-refractivity contribution >= 4 is 21.9 Å². The van der Waals surface area contributed by atoms with Crippen molar-refractivity contribution in [1.29, 1.82) is 0 Å². The van der Waals surface area contributed by atoms with Crippen LogP contribution in [0.25, 0.3) is 0 Å². The first-order valence-electron chi connectivity index (χ1n) is 6.74. The number of rotatable bonds is 4.